The summed E-state index contributed by atoms with van der Waals surface area (Å²) in [5.41, 5.74) is 0.553. The number of aliphatic hydroxyl groups excluding tert-OH is 3. The number of carbonyl (C=O) groups is 2. The highest BCUT2D eigenvalue weighted by atomic mass is 19.1. The van der Waals surface area contributed by atoms with Crippen LogP contribution in [0.3, 0.4) is 0 Å². The Morgan fingerprint density at radius 3 is 2.43 bits per heavy atom. The van der Waals surface area contributed by atoms with E-state index in [9.17, 15) is 29.3 Å². The summed E-state index contributed by atoms with van der Waals surface area (Å²) >= 11 is 0. The third-order valence-electron chi connectivity index (χ3n) is 6.64. The number of nitrogens with one attached hydrogen (secondary N) is 1. The van der Waals surface area contributed by atoms with E-state index in [1.54, 1.807) is 6.07 Å². The molecule has 0 bridgehead atoms. The predicted octanol–water partition coefficient (Wildman–Crippen LogP) is 0.271. The van der Waals surface area contributed by atoms with Crippen molar-refractivity contribution in [3.05, 3.63) is 35.2 Å². The number of hydrogen-bond acceptors (Lipinski definition) is 9. The minimum atomic E-state index is -1.47. The molecular weight excluding hydrogens is 465 g/mol. The third-order valence-corrected chi connectivity index (χ3v) is 6.64. The number of hydrogen-bond donors (Lipinski definition) is 4. The maximum absolute atomic E-state index is 14.7. The van der Waals surface area contributed by atoms with Crippen molar-refractivity contribution >= 4 is 17.8 Å². The molecule has 0 aromatic heterocycles. The average Bonchev–Trinajstić information content (AvgIpc) is 3.44. The third kappa shape index (κ3) is 5.25. The molecule has 192 valence electrons. The maximum Gasteiger partial charge on any atom is 0.247 e. The van der Waals surface area contributed by atoms with Crippen LogP contribution in [0, 0.1) is 11.7 Å². The van der Waals surface area contributed by atoms with Crippen LogP contribution in [0.15, 0.2) is 23.8 Å². The van der Waals surface area contributed by atoms with Crippen molar-refractivity contribution in [2.75, 3.05) is 6.79 Å². The van der Waals surface area contributed by atoms with Gasteiger partial charge in [-0.1, -0.05) is 13.0 Å². The van der Waals surface area contributed by atoms with Crippen molar-refractivity contribution in [2.24, 2.45) is 5.92 Å². The SMILES string of the molecule is CC(=O)[C@H]1OC(Oc2ccc(/C=C(\C)C(=O)NC3[C@@H](O)[C@@H]4OCO[C@@H]4[C@H](O)[C@H]3O)cc2F)C[C@@H]1C. The second kappa shape index (κ2) is 10.3. The lowest BCUT2D eigenvalue weighted by atomic mass is 9.83. The van der Waals surface area contributed by atoms with Crippen LogP contribution in [0.1, 0.15) is 32.8 Å². The molecule has 9 atom stereocenters. The molecule has 3 aliphatic rings. The molecule has 2 saturated heterocycles. The molecule has 0 spiro atoms. The Kier molecular flexibility index (Phi) is 7.55. The van der Waals surface area contributed by atoms with Crippen molar-refractivity contribution in [1.82, 2.24) is 5.32 Å². The van der Waals surface area contributed by atoms with Crippen LogP contribution in [-0.4, -0.2) is 82.8 Å². The summed E-state index contributed by atoms with van der Waals surface area (Å²) < 4.78 is 36.3. The van der Waals surface area contributed by atoms with Crippen molar-refractivity contribution in [2.45, 2.75) is 76.1 Å². The van der Waals surface area contributed by atoms with Crippen molar-refractivity contribution in [3.63, 3.8) is 0 Å². The van der Waals surface area contributed by atoms with Gasteiger partial charge in [-0.15, -0.1) is 0 Å². The highest BCUT2D eigenvalue weighted by Gasteiger charge is 2.53. The van der Waals surface area contributed by atoms with Crippen LogP contribution < -0.4 is 10.1 Å². The number of halogens is 1. The fourth-order valence-corrected chi connectivity index (χ4v) is 4.73. The molecule has 3 fully saturated rings. The van der Waals surface area contributed by atoms with Crippen LogP contribution >= 0.6 is 0 Å². The van der Waals surface area contributed by atoms with Gasteiger partial charge < -0.3 is 39.6 Å². The average molecular weight is 496 g/mol. The monoisotopic (exact) mass is 495 g/mol. The molecule has 1 aliphatic carbocycles. The van der Waals surface area contributed by atoms with E-state index < -0.39 is 60.7 Å². The summed E-state index contributed by atoms with van der Waals surface area (Å²) in [5.74, 6) is -1.47. The first-order valence-electron chi connectivity index (χ1n) is 11.5. The van der Waals surface area contributed by atoms with E-state index in [1.165, 1.54) is 32.1 Å². The van der Waals surface area contributed by atoms with Crippen molar-refractivity contribution in [3.8, 4) is 5.75 Å². The Balaban J connectivity index is 1.40. The van der Waals surface area contributed by atoms with Gasteiger partial charge in [0.15, 0.2) is 17.3 Å². The Morgan fingerprint density at radius 1 is 1.11 bits per heavy atom. The lowest BCUT2D eigenvalue weighted by Gasteiger charge is -2.41. The number of rotatable bonds is 6. The van der Waals surface area contributed by atoms with E-state index in [0.717, 1.165) is 0 Å². The largest absolute Gasteiger partial charge is 0.462 e. The second-order valence-electron chi connectivity index (χ2n) is 9.30. The quantitative estimate of drug-likeness (QED) is 0.409. The summed E-state index contributed by atoms with van der Waals surface area (Å²) in [7, 11) is 0. The summed E-state index contributed by atoms with van der Waals surface area (Å²) in [4.78, 5) is 24.3. The molecule has 35 heavy (non-hydrogen) atoms. The Bertz CT molecular complexity index is 1000. The molecule has 0 radical (unpaired) electrons. The van der Waals surface area contributed by atoms with Gasteiger partial charge in [0.2, 0.25) is 12.2 Å². The van der Waals surface area contributed by atoms with E-state index >= 15 is 0 Å². The number of carbonyl (C=O) groups excluding carboxylic acids is 2. The van der Waals surface area contributed by atoms with Crippen LogP contribution in [0.2, 0.25) is 0 Å². The molecule has 4 rings (SSSR count). The number of amides is 1. The topological polar surface area (TPSA) is 144 Å². The first-order chi connectivity index (χ1) is 16.6. The number of benzene rings is 1. The predicted molar refractivity (Wildman–Crippen MR) is 118 cm³/mol. The van der Waals surface area contributed by atoms with Crippen molar-refractivity contribution in [1.29, 1.82) is 0 Å². The standard InChI is InChI=1S/C24H30FNO9/c1-10-7-16(35-21(10)12(3)27)34-15-5-4-13(8-14(15)25)6-11(2)24(31)26-17-18(28)20(30)23-22(19(17)29)32-9-33-23/h4-6,8,10,16-23,28-30H,7,9H2,1-3H3,(H,26,31)/b11-6+/t10-,16?,17?,18-,19+,20+,21-,22-,23+/m0/s1. The Labute approximate surface area is 201 Å². The van der Waals surface area contributed by atoms with Crippen LogP contribution in [0.4, 0.5) is 4.39 Å². The first kappa shape index (κ1) is 25.7. The minimum absolute atomic E-state index is 0.0371. The van der Waals surface area contributed by atoms with Gasteiger partial charge in [-0.2, -0.15) is 0 Å². The second-order valence-corrected chi connectivity index (χ2v) is 9.30. The van der Waals surface area contributed by atoms with Gasteiger partial charge in [0.1, 0.15) is 43.4 Å². The molecule has 11 heteroatoms. The summed E-state index contributed by atoms with van der Waals surface area (Å²) in [6, 6.07) is 2.96. The van der Waals surface area contributed by atoms with Gasteiger partial charge in [-0.3, -0.25) is 9.59 Å². The molecule has 1 aromatic carbocycles. The van der Waals surface area contributed by atoms with Gasteiger partial charge in [0.05, 0.1) is 6.04 Å². The fourth-order valence-electron chi connectivity index (χ4n) is 4.73. The number of Topliss-reactive ketones (excluding diaryl/α,β-unsaturated/α-hetero) is 1. The first-order valence-corrected chi connectivity index (χ1v) is 11.5. The summed E-state index contributed by atoms with van der Waals surface area (Å²) in [5, 5.41) is 33.6. The lowest BCUT2D eigenvalue weighted by Crippen LogP contribution is -2.67. The number of aliphatic hydroxyl groups is 3. The van der Waals surface area contributed by atoms with E-state index in [0.29, 0.717) is 12.0 Å². The van der Waals surface area contributed by atoms with Crippen LogP contribution in [0.25, 0.3) is 6.08 Å². The zero-order valence-electron chi connectivity index (χ0n) is 19.6. The zero-order valence-corrected chi connectivity index (χ0v) is 19.6. The Hall–Kier alpha value is -2.41. The molecular formula is C24H30FNO9. The highest BCUT2D eigenvalue weighted by molar-refractivity contribution is 5.97. The fraction of sp³-hybridized carbons (Fsp3) is 0.583. The highest BCUT2D eigenvalue weighted by Crippen LogP contribution is 2.31. The normalized spacial score (nSPS) is 37.1. The van der Waals surface area contributed by atoms with Gasteiger partial charge in [-0.05, 0) is 43.5 Å². The molecule has 1 aromatic rings. The zero-order chi connectivity index (χ0) is 25.4. The van der Waals surface area contributed by atoms with Crippen molar-refractivity contribution < 1.29 is 48.2 Å². The molecule has 1 amide bonds. The number of ketones is 1. The smallest absolute Gasteiger partial charge is 0.247 e. The summed E-state index contributed by atoms with van der Waals surface area (Å²) in [6.45, 7) is 4.66. The van der Waals surface area contributed by atoms with E-state index in [4.69, 9.17) is 18.9 Å². The van der Waals surface area contributed by atoms with Crippen LogP contribution in [0.5, 0.6) is 5.75 Å². The maximum atomic E-state index is 14.7. The summed E-state index contributed by atoms with van der Waals surface area (Å²) in [6.07, 6.45) is -5.32. The number of fused-ring (bicyclic) bond motifs is 1. The van der Waals surface area contributed by atoms with E-state index in [1.807, 2.05) is 6.92 Å². The van der Waals surface area contributed by atoms with Crippen LogP contribution in [-0.2, 0) is 23.8 Å². The molecule has 1 saturated carbocycles. The van der Waals surface area contributed by atoms with E-state index in [-0.39, 0.29) is 29.8 Å². The lowest BCUT2D eigenvalue weighted by molar-refractivity contribution is -0.155. The molecule has 2 unspecified atom stereocenters. The molecule has 2 heterocycles. The molecule has 10 nitrogen and oxygen atoms in total. The van der Waals surface area contributed by atoms with Gasteiger partial charge in [0, 0.05) is 12.0 Å². The Morgan fingerprint density at radius 2 is 1.80 bits per heavy atom. The van der Waals surface area contributed by atoms with E-state index in [2.05, 4.69) is 5.32 Å². The molecule has 2 aliphatic heterocycles. The van der Waals surface area contributed by atoms with Gasteiger partial charge >= 0.3 is 0 Å². The van der Waals surface area contributed by atoms with Gasteiger partial charge in [0.25, 0.3) is 0 Å². The number of ether oxygens (including phenoxy) is 4. The van der Waals surface area contributed by atoms with Gasteiger partial charge in [-0.25, -0.2) is 4.39 Å². The molecule has 4 N–H and O–H groups in total. The minimum Gasteiger partial charge on any atom is -0.462 e.